The maximum atomic E-state index is 14.2. The second-order valence-corrected chi connectivity index (χ2v) is 8.90. The molecule has 0 bridgehead atoms. The number of non-ortho nitro benzene ring substituents is 1. The number of hydrogen-bond acceptors (Lipinski definition) is 5. The van der Waals surface area contributed by atoms with E-state index in [1.807, 2.05) is 21.9 Å². The van der Waals surface area contributed by atoms with Crippen molar-refractivity contribution in [1.82, 2.24) is 4.90 Å². The van der Waals surface area contributed by atoms with Crippen LogP contribution in [0.4, 0.5) is 21.5 Å². The minimum atomic E-state index is -0.374. The van der Waals surface area contributed by atoms with E-state index in [0.29, 0.717) is 38.3 Å². The molecule has 2 unspecified atom stereocenters. The standard InChI is InChI=1S/C24H27FN4O3/c25-20-5-1-2-7-23(20)26-11-13-27(14-12-26)24(30)19-16-17-15-18(29(31)32)8-9-21(17)28-10-4-3-6-22(19)28/h1-2,5,7-9,15,19,22H,3-4,6,10-14,16H2. The minimum absolute atomic E-state index is 0.0731. The number of benzene rings is 2. The lowest BCUT2D eigenvalue weighted by atomic mass is 9.80. The van der Waals surface area contributed by atoms with Crippen molar-refractivity contribution < 1.29 is 14.1 Å². The number of fused-ring (bicyclic) bond motifs is 3. The van der Waals surface area contributed by atoms with Crippen LogP contribution < -0.4 is 9.80 Å². The molecule has 0 N–H and O–H groups in total. The first-order valence-corrected chi connectivity index (χ1v) is 11.3. The van der Waals surface area contributed by atoms with Gasteiger partial charge in [-0.3, -0.25) is 14.9 Å². The Labute approximate surface area is 186 Å². The van der Waals surface area contributed by atoms with Gasteiger partial charge >= 0.3 is 0 Å². The first-order chi connectivity index (χ1) is 15.5. The molecule has 0 spiro atoms. The maximum absolute atomic E-state index is 14.2. The highest BCUT2D eigenvalue weighted by Crippen LogP contribution is 2.40. The number of piperazine rings is 1. The SMILES string of the molecule is O=C(C1Cc2cc([N+](=O)[O-])ccc2N2CCCCC12)N1CCN(c2ccccc2F)CC1. The van der Waals surface area contributed by atoms with E-state index in [4.69, 9.17) is 0 Å². The van der Waals surface area contributed by atoms with E-state index in [0.717, 1.165) is 37.1 Å². The number of nitrogens with zero attached hydrogens (tertiary/aromatic N) is 4. The number of anilines is 2. The monoisotopic (exact) mass is 438 g/mol. The molecule has 2 saturated heterocycles. The van der Waals surface area contributed by atoms with Crippen LogP contribution in [0.25, 0.3) is 0 Å². The van der Waals surface area contributed by atoms with E-state index in [1.54, 1.807) is 24.3 Å². The van der Waals surface area contributed by atoms with E-state index < -0.39 is 0 Å². The van der Waals surface area contributed by atoms with E-state index >= 15 is 0 Å². The molecular weight excluding hydrogens is 411 g/mol. The summed E-state index contributed by atoms with van der Waals surface area (Å²) in [5.41, 5.74) is 2.58. The summed E-state index contributed by atoms with van der Waals surface area (Å²) in [6.45, 7) is 3.17. The zero-order valence-electron chi connectivity index (χ0n) is 18.0. The summed E-state index contributed by atoms with van der Waals surface area (Å²) in [5, 5.41) is 11.3. The van der Waals surface area contributed by atoms with Gasteiger partial charge in [0.25, 0.3) is 5.69 Å². The largest absolute Gasteiger partial charge is 0.368 e. The summed E-state index contributed by atoms with van der Waals surface area (Å²) in [7, 11) is 0. The number of nitro benzene ring substituents is 1. The lowest BCUT2D eigenvalue weighted by Gasteiger charge is -2.47. The average molecular weight is 439 g/mol. The molecule has 0 aliphatic carbocycles. The highest BCUT2D eigenvalue weighted by molar-refractivity contribution is 5.82. The Bertz CT molecular complexity index is 1040. The summed E-state index contributed by atoms with van der Waals surface area (Å²) < 4.78 is 14.2. The molecule has 0 saturated carbocycles. The van der Waals surface area contributed by atoms with Crippen LogP contribution in [0.3, 0.4) is 0 Å². The number of rotatable bonds is 3. The predicted molar refractivity (Wildman–Crippen MR) is 120 cm³/mol. The van der Waals surface area contributed by atoms with Gasteiger partial charge in [0, 0.05) is 56.6 Å². The number of hydrogen-bond donors (Lipinski definition) is 0. The smallest absolute Gasteiger partial charge is 0.269 e. The number of nitro groups is 1. The Morgan fingerprint density at radius 2 is 1.78 bits per heavy atom. The molecule has 8 heteroatoms. The van der Waals surface area contributed by atoms with Gasteiger partial charge in [-0.05, 0) is 49.4 Å². The third kappa shape index (κ3) is 3.67. The van der Waals surface area contributed by atoms with Gasteiger partial charge in [-0.25, -0.2) is 4.39 Å². The molecule has 2 aromatic rings. The topological polar surface area (TPSA) is 69.9 Å². The summed E-state index contributed by atoms with van der Waals surface area (Å²) >= 11 is 0. The summed E-state index contributed by atoms with van der Waals surface area (Å²) in [5.74, 6) is -0.326. The lowest BCUT2D eigenvalue weighted by molar-refractivity contribution is -0.384. The molecule has 1 amide bonds. The zero-order valence-corrected chi connectivity index (χ0v) is 18.0. The summed E-state index contributed by atoms with van der Waals surface area (Å²) in [6, 6.07) is 11.9. The van der Waals surface area contributed by atoms with Crippen molar-refractivity contribution >= 4 is 23.0 Å². The zero-order chi connectivity index (χ0) is 22.2. The Hall–Kier alpha value is -3.16. The Balaban J connectivity index is 1.35. The molecule has 3 heterocycles. The Morgan fingerprint density at radius 1 is 1.00 bits per heavy atom. The van der Waals surface area contributed by atoms with Crippen LogP contribution >= 0.6 is 0 Å². The molecule has 0 aromatic heterocycles. The number of carbonyl (C=O) groups is 1. The van der Waals surface area contributed by atoms with Crippen LogP contribution in [0.15, 0.2) is 42.5 Å². The number of amides is 1. The number of halogens is 1. The first-order valence-electron chi connectivity index (χ1n) is 11.3. The molecule has 3 aliphatic heterocycles. The lowest BCUT2D eigenvalue weighted by Crippen LogP contribution is -2.57. The van der Waals surface area contributed by atoms with E-state index in [9.17, 15) is 19.3 Å². The summed E-state index contributed by atoms with van der Waals surface area (Å²) in [6.07, 6.45) is 3.65. The Morgan fingerprint density at radius 3 is 2.53 bits per heavy atom. The molecule has 5 rings (SSSR count). The van der Waals surface area contributed by atoms with Gasteiger partial charge in [0.15, 0.2) is 0 Å². The van der Waals surface area contributed by atoms with Gasteiger partial charge in [0.2, 0.25) is 5.91 Å². The van der Waals surface area contributed by atoms with Gasteiger partial charge in [-0.1, -0.05) is 12.1 Å². The van der Waals surface area contributed by atoms with Crippen LogP contribution in [0.2, 0.25) is 0 Å². The van der Waals surface area contributed by atoms with Crippen molar-refractivity contribution in [2.75, 3.05) is 42.5 Å². The fourth-order valence-electron chi connectivity index (χ4n) is 5.54. The van der Waals surface area contributed by atoms with Crippen molar-refractivity contribution in [2.24, 2.45) is 5.92 Å². The summed E-state index contributed by atoms with van der Waals surface area (Å²) in [4.78, 5) is 30.7. The third-order valence-corrected chi connectivity index (χ3v) is 7.14. The Kier molecular flexibility index (Phi) is 5.45. The van der Waals surface area contributed by atoms with Gasteiger partial charge in [-0.15, -0.1) is 0 Å². The predicted octanol–water partition coefficient (Wildman–Crippen LogP) is 3.61. The van der Waals surface area contributed by atoms with Crippen LogP contribution in [0.1, 0.15) is 24.8 Å². The van der Waals surface area contributed by atoms with Gasteiger partial charge in [-0.2, -0.15) is 0 Å². The first kappa shape index (κ1) is 20.7. The van der Waals surface area contributed by atoms with Crippen molar-refractivity contribution in [3.05, 3.63) is 64.0 Å². The molecule has 2 atom stereocenters. The molecule has 0 radical (unpaired) electrons. The van der Waals surface area contributed by atoms with Crippen LogP contribution in [-0.4, -0.2) is 54.5 Å². The number of piperidine rings is 1. The quantitative estimate of drug-likeness (QED) is 0.541. The molecule has 2 fully saturated rings. The van der Waals surface area contributed by atoms with Gasteiger partial charge in [0.1, 0.15) is 5.82 Å². The average Bonchev–Trinajstić information content (AvgIpc) is 2.83. The molecule has 168 valence electrons. The second-order valence-electron chi connectivity index (χ2n) is 8.90. The molecule has 32 heavy (non-hydrogen) atoms. The number of carbonyl (C=O) groups excluding carboxylic acids is 1. The third-order valence-electron chi connectivity index (χ3n) is 7.14. The second kappa shape index (κ2) is 8.41. The highest BCUT2D eigenvalue weighted by atomic mass is 19.1. The highest BCUT2D eigenvalue weighted by Gasteiger charge is 2.42. The normalized spacial score (nSPS) is 22.8. The van der Waals surface area contributed by atoms with Crippen molar-refractivity contribution in [3.63, 3.8) is 0 Å². The van der Waals surface area contributed by atoms with E-state index in [-0.39, 0.29) is 34.3 Å². The van der Waals surface area contributed by atoms with Crippen molar-refractivity contribution in [2.45, 2.75) is 31.7 Å². The van der Waals surface area contributed by atoms with Gasteiger partial charge < -0.3 is 14.7 Å². The minimum Gasteiger partial charge on any atom is -0.368 e. The van der Waals surface area contributed by atoms with Crippen LogP contribution in [0, 0.1) is 21.8 Å². The molecule has 2 aromatic carbocycles. The van der Waals surface area contributed by atoms with Crippen LogP contribution in [0.5, 0.6) is 0 Å². The van der Waals surface area contributed by atoms with Crippen molar-refractivity contribution in [1.29, 1.82) is 0 Å². The molecule has 7 nitrogen and oxygen atoms in total. The van der Waals surface area contributed by atoms with Gasteiger partial charge in [0.05, 0.1) is 16.5 Å². The van der Waals surface area contributed by atoms with Crippen molar-refractivity contribution in [3.8, 4) is 0 Å². The van der Waals surface area contributed by atoms with E-state index in [1.165, 1.54) is 6.07 Å². The number of para-hydroxylation sites is 1. The maximum Gasteiger partial charge on any atom is 0.269 e. The van der Waals surface area contributed by atoms with Crippen LogP contribution in [-0.2, 0) is 11.2 Å². The molecule has 3 aliphatic rings. The fraction of sp³-hybridized carbons (Fsp3) is 0.458. The van der Waals surface area contributed by atoms with E-state index in [2.05, 4.69) is 4.90 Å². The fourth-order valence-corrected chi connectivity index (χ4v) is 5.54. The molecular formula is C24H27FN4O3.